The van der Waals surface area contributed by atoms with Gasteiger partial charge in [-0.15, -0.1) is 0 Å². The molecule has 4 N–H and O–H groups in total. The zero-order valence-corrected chi connectivity index (χ0v) is 18.6. The van der Waals surface area contributed by atoms with Crippen molar-refractivity contribution in [3.8, 4) is 17.2 Å². The van der Waals surface area contributed by atoms with Gasteiger partial charge in [-0.05, 0) is 48.9 Å². The minimum atomic E-state index is -4.55. The first-order valence-corrected chi connectivity index (χ1v) is 11.2. The minimum absolute atomic E-state index is 0.0380. The molecule has 3 aliphatic rings. The summed E-state index contributed by atoms with van der Waals surface area (Å²) in [6, 6.07) is 9.82. The van der Waals surface area contributed by atoms with E-state index in [4.69, 9.17) is 15.2 Å². The minimum Gasteiger partial charge on any atom is -0.489 e. The van der Waals surface area contributed by atoms with Crippen LogP contribution in [0.5, 0.6) is 17.2 Å². The van der Waals surface area contributed by atoms with E-state index in [1.807, 2.05) is 0 Å². The molecule has 3 atom stereocenters. The van der Waals surface area contributed by atoms with Crippen LogP contribution < -0.4 is 25.8 Å². The number of benzene rings is 2. The number of amides is 2. The number of nitrogens with zero attached hydrogens (tertiary/aromatic N) is 1. The molecule has 2 aliphatic heterocycles. The fourth-order valence-corrected chi connectivity index (χ4v) is 4.75. The maximum absolute atomic E-state index is 13.1. The molecule has 0 spiro atoms. The van der Waals surface area contributed by atoms with Gasteiger partial charge in [0, 0.05) is 29.7 Å². The van der Waals surface area contributed by atoms with Crippen molar-refractivity contribution in [1.29, 1.82) is 0 Å². The van der Waals surface area contributed by atoms with E-state index in [1.54, 1.807) is 30.5 Å². The molecule has 3 heterocycles. The standard InChI is InChI=1S/C25H19F3N4O4/c26-25(27,28)11-1-4-15(29)16(9-11)31-24(34)21-20-14-10-12(2-5-17(14)36-22(20)21)35-18-7-8-30-23-13(18)3-6-19(33)32-23/h1-2,4-5,7-10,20-22H,3,6,29H2,(H,31,34)(H,30,32,33)/t20?,21-,22-/m0/s1. The van der Waals surface area contributed by atoms with E-state index >= 15 is 0 Å². The Kier molecular flexibility index (Phi) is 4.85. The number of pyridine rings is 1. The topological polar surface area (TPSA) is 116 Å². The lowest BCUT2D eigenvalue weighted by Gasteiger charge is -2.19. The highest BCUT2D eigenvalue weighted by molar-refractivity contribution is 5.99. The van der Waals surface area contributed by atoms with Gasteiger partial charge in [-0.2, -0.15) is 13.2 Å². The van der Waals surface area contributed by atoms with Gasteiger partial charge in [0.05, 0.1) is 22.9 Å². The van der Waals surface area contributed by atoms with Crippen molar-refractivity contribution in [3.63, 3.8) is 0 Å². The summed E-state index contributed by atoms with van der Waals surface area (Å²) in [5, 5.41) is 5.25. The SMILES string of the molecule is Nc1ccc(C(F)(F)F)cc1NC(=O)[C@H]1C2c3cc(Oc4ccnc5c4CCC(=O)N5)ccc3O[C@@H]21. The molecular weight excluding hydrogens is 477 g/mol. The number of ether oxygens (including phenoxy) is 2. The smallest absolute Gasteiger partial charge is 0.416 e. The molecule has 1 fully saturated rings. The number of halogens is 3. The van der Waals surface area contributed by atoms with Gasteiger partial charge >= 0.3 is 6.18 Å². The highest BCUT2D eigenvalue weighted by atomic mass is 19.4. The van der Waals surface area contributed by atoms with Gasteiger partial charge < -0.3 is 25.8 Å². The van der Waals surface area contributed by atoms with Crippen LogP contribution in [0.4, 0.5) is 30.4 Å². The van der Waals surface area contributed by atoms with Crippen LogP contribution in [0.3, 0.4) is 0 Å². The zero-order valence-electron chi connectivity index (χ0n) is 18.6. The number of fused-ring (bicyclic) bond motifs is 4. The fraction of sp³-hybridized carbons (Fsp3) is 0.240. The number of nitrogens with one attached hydrogen (secondary N) is 2. The third-order valence-corrected chi connectivity index (χ3v) is 6.60. The summed E-state index contributed by atoms with van der Waals surface area (Å²) in [6.07, 6.45) is -2.58. The summed E-state index contributed by atoms with van der Waals surface area (Å²) in [5.41, 5.74) is 6.42. The molecule has 1 saturated carbocycles. The van der Waals surface area contributed by atoms with Crippen molar-refractivity contribution in [2.45, 2.75) is 31.0 Å². The number of hydrogen-bond donors (Lipinski definition) is 3. The van der Waals surface area contributed by atoms with E-state index in [0.717, 1.165) is 29.3 Å². The van der Waals surface area contributed by atoms with Gasteiger partial charge in [-0.25, -0.2) is 4.98 Å². The quantitative estimate of drug-likeness (QED) is 0.459. The van der Waals surface area contributed by atoms with E-state index in [-0.39, 0.29) is 23.2 Å². The summed E-state index contributed by atoms with van der Waals surface area (Å²) in [5.74, 6) is 0.818. The summed E-state index contributed by atoms with van der Waals surface area (Å²) >= 11 is 0. The summed E-state index contributed by atoms with van der Waals surface area (Å²) in [4.78, 5) is 28.7. The number of nitrogens with two attached hydrogens (primary N) is 1. The molecule has 6 rings (SSSR count). The lowest BCUT2D eigenvalue weighted by atomic mass is 10.1. The molecule has 2 amide bonds. The van der Waals surface area contributed by atoms with E-state index in [9.17, 15) is 22.8 Å². The Balaban J connectivity index is 1.19. The first-order valence-electron chi connectivity index (χ1n) is 11.2. The number of nitrogen functional groups attached to an aromatic ring is 1. The van der Waals surface area contributed by atoms with Crippen molar-refractivity contribution < 1.29 is 32.2 Å². The van der Waals surface area contributed by atoms with Gasteiger partial charge in [0.15, 0.2) is 0 Å². The molecule has 11 heteroatoms. The van der Waals surface area contributed by atoms with Gasteiger partial charge in [-0.3, -0.25) is 9.59 Å². The number of carbonyl (C=O) groups is 2. The Morgan fingerprint density at radius 1 is 1.17 bits per heavy atom. The maximum Gasteiger partial charge on any atom is 0.416 e. The van der Waals surface area contributed by atoms with Crippen LogP contribution in [0.15, 0.2) is 48.7 Å². The molecule has 3 aromatic rings. The van der Waals surface area contributed by atoms with Crippen LogP contribution in [0.25, 0.3) is 0 Å². The molecule has 184 valence electrons. The molecule has 1 aliphatic carbocycles. The van der Waals surface area contributed by atoms with Gasteiger partial charge in [0.2, 0.25) is 11.8 Å². The Labute approximate surface area is 202 Å². The van der Waals surface area contributed by atoms with Gasteiger partial charge in [0.25, 0.3) is 0 Å². The Morgan fingerprint density at radius 3 is 2.81 bits per heavy atom. The predicted molar refractivity (Wildman–Crippen MR) is 123 cm³/mol. The second-order valence-corrected chi connectivity index (χ2v) is 8.91. The summed E-state index contributed by atoms with van der Waals surface area (Å²) in [6.45, 7) is 0. The molecule has 2 aromatic carbocycles. The molecule has 1 unspecified atom stereocenters. The summed E-state index contributed by atoms with van der Waals surface area (Å²) in [7, 11) is 0. The van der Waals surface area contributed by atoms with Crippen molar-refractivity contribution in [2.24, 2.45) is 5.92 Å². The third-order valence-electron chi connectivity index (χ3n) is 6.60. The van der Waals surface area contributed by atoms with Gasteiger partial charge in [-0.1, -0.05) is 0 Å². The van der Waals surface area contributed by atoms with Crippen LogP contribution in [-0.2, 0) is 22.2 Å². The monoisotopic (exact) mass is 496 g/mol. The molecule has 0 saturated heterocycles. The average Bonchev–Trinajstić information content (AvgIpc) is 3.43. The second-order valence-electron chi connectivity index (χ2n) is 8.91. The van der Waals surface area contributed by atoms with Crippen molar-refractivity contribution >= 4 is 29.0 Å². The lowest BCUT2D eigenvalue weighted by Crippen LogP contribution is -2.20. The van der Waals surface area contributed by atoms with Crippen LogP contribution in [0, 0.1) is 5.92 Å². The van der Waals surface area contributed by atoms with Crippen LogP contribution in [0.1, 0.15) is 29.0 Å². The van der Waals surface area contributed by atoms with Crippen molar-refractivity contribution in [1.82, 2.24) is 4.98 Å². The number of rotatable bonds is 4. The van der Waals surface area contributed by atoms with Crippen LogP contribution >= 0.6 is 0 Å². The Bertz CT molecular complexity index is 1420. The average molecular weight is 496 g/mol. The number of alkyl halides is 3. The van der Waals surface area contributed by atoms with E-state index in [1.165, 1.54) is 0 Å². The molecule has 36 heavy (non-hydrogen) atoms. The molecule has 1 aromatic heterocycles. The zero-order chi connectivity index (χ0) is 25.2. The third kappa shape index (κ3) is 3.76. The van der Waals surface area contributed by atoms with E-state index in [0.29, 0.717) is 35.9 Å². The number of anilines is 3. The van der Waals surface area contributed by atoms with Gasteiger partial charge in [0.1, 0.15) is 29.2 Å². The molecular formula is C25H19F3N4O4. The van der Waals surface area contributed by atoms with Crippen LogP contribution in [-0.4, -0.2) is 22.9 Å². The maximum atomic E-state index is 13.1. The molecule has 0 bridgehead atoms. The van der Waals surface area contributed by atoms with Crippen molar-refractivity contribution in [3.05, 3.63) is 65.4 Å². The molecule has 8 nitrogen and oxygen atoms in total. The first-order chi connectivity index (χ1) is 17.2. The van der Waals surface area contributed by atoms with Crippen LogP contribution in [0.2, 0.25) is 0 Å². The number of aromatic nitrogens is 1. The number of hydrogen-bond acceptors (Lipinski definition) is 6. The fourth-order valence-electron chi connectivity index (χ4n) is 4.75. The largest absolute Gasteiger partial charge is 0.489 e. The summed E-state index contributed by atoms with van der Waals surface area (Å²) < 4.78 is 51.1. The second kappa shape index (κ2) is 7.87. The highest BCUT2D eigenvalue weighted by Crippen LogP contribution is 2.59. The molecule has 0 radical (unpaired) electrons. The predicted octanol–water partition coefficient (Wildman–Crippen LogP) is 4.47. The lowest BCUT2D eigenvalue weighted by molar-refractivity contribution is -0.137. The normalized spacial score (nSPS) is 21.4. The highest BCUT2D eigenvalue weighted by Gasteiger charge is 2.62. The number of carbonyl (C=O) groups excluding carboxylic acids is 2. The first kappa shape index (κ1) is 22.2. The van der Waals surface area contributed by atoms with E-state index in [2.05, 4.69) is 15.6 Å². The van der Waals surface area contributed by atoms with E-state index < -0.39 is 29.7 Å². The Morgan fingerprint density at radius 2 is 2.00 bits per heavy atom. The Hall–Kier alpha value is -4.28. The van der Waals surface area contributed by atoms with Crippen molar-refractivity contribution in [2.75, 3.05) is 16.4 Å².